The minimum Gasteiger partial charge on any atom is -0.465 e. The maximum absolute atomic E-state index is 11.7. The summed E-state index contributed by atoms with van der Waals surface area (Å²) in [6.45, 7) is 6.10. The Kier molecular flexibility index (Phi) is 5.35. The molecule has 0 aliphatic carbocycles. The summed E-state index contributed by atoms with van der Waals surface area (Å²) >= 11 is 6.26. The highest BCUT2D eigenvalue weighted by Gasteiger charge is 2.40. The number of rotatable bonds is 2. The number of nitrogen functional groups attached to an aromatic ring is 1. The first-order valence-electron chi connectivity index (χ1n) is 8.00. The van der Waals surface area contributed by atoms with Crippen LogP contribution in [0.5, 0.6) is 0 Å². The number of nitrogens with two attached hydrogens (primary N) is 1. The van der Waals surface area contributed by atoms with Gasteiger partial charge in [-0.15, -0.1) is 0 Å². The van der Waals surface area contributed by atoms with E-state index in [2.05, 4.69) is 0 Å². The molecule has 7 nitrogen and oxygen atoms in total. The Morgan fingerprint density at radius 3 is 2.60 bits per heavy atom. The zero-order valence-electron chi connectivity index (χ0n) is 14.5. The monoisotopic (exact) mass is 366 g/mol. The number of aliphatic hydroxyl groups excluding tert-OH is 1. The molecule has 0 aromatic heterocycles. The minimum atomic E-state index is -1.06. The quantitative estimate of drug-likeness (QED) is 0.693. The Bertz CT molecular complexity index is 711. The van der Waals surface area contributed by atoms with Gasteiger partial charge in [0.05, 0.1) is 40.2 Å². The molecule has 0 bridgehead atoms. The van der Waals surface area contributed by atoms with Crippen LogP contribution in [0, 0.1) is 11.3 Å². The molecule has 4 N–H and O–H groups in total. The van der Waals surface area contributed by atoms with Crippen molar-refractivity contribution in [2.75, 3.05) is 23.7 Å². The molecule has 1 saturated heterocycles. The van der Waals surface area contributed by atoms with Crippen molar-refractivity contribution >= 4 is 29.1 Å². The van der Waals surface area contributed by atoms with Crippen molar-refractivity contribution in [1.82, 2.24) is 4.90 Å². The van der Waals surface area contributed by atoms with E-state index in [1.165, 1.54) is 11.0 Å². The topological polar surface area (TPSA) is 114 Å². The molecule has 2 atom stereocenters. The molecule has 25 heavy (non-hydrogen) atoms. The Labute approximate surface area is 152 Å². The summed E-state index contributed by atoms with van der Waals surface area (Å²) in [5.74, 6) is 0. The van der Waals surface area contributed by atoms with Crippen LogP contribution in [0.25, 0.3) is 0 Å². The zero-order chi connectivity index (χ0) is 18.9. The Balaban J connectivity index is 2.27. The zero-order valence-corrected chi connectivity index (χ0v) is 15.3. The fourth-order valence-corrected chi connectivity index (χ4v) is 3.52. The number of hydrogen-bond donors (Lipinski definition) is 3. The van der Waals surface area contributed by atoms with Crippen LogP contribution in [0.1, 0.15) is 32.8 Å². The standard InChI is InChI=1S/C17H23ClN4O3/c1-17(2,3)22(16(24)25)12-4-5-21(9-14(12)23)13-7-10(8-19)6-11(20)15(13)18/h6-7,12,14,23H,4-5,9,20H2,1-3H3,(H,24,25)/t12-,14-/m1/s1. The predicted molar refractivity (Wildman–Crippen MR) is 96.8 cm³/mol. The molecule has 1 aliphatic rings. The van der Waals surface area contributed by atoms with E-state index in [4.69, 9.17) is 22.6 Å². The summed E-state index contributed by atoms with van der Waals surface area (Å²) in [6.07, 6.45) is -1.50. The molecule has 136 valence electrons. The van der Waals surface area contributed by atoms with Gasteiger partial charge in [0.25, 0.3) is 0 Å². The summed E-state index contributed by atoms with van der Waals surface area (Å²) in [5.41, 5.74) is 6.49. The number of aliphatic hydroxyl groups is 1. The minimum absolute atomic E-state index is 0.207. The molecule has 0 saturated carbocycles. The van der Waals surface area contributed by atoms with Crippen LogP contribution in [-0.2, 0) is 0 Å². The van der Waals surface area contributed by atoms with E-state index in [0.29, 0.717) is 34.9 Å². The SMILES string of the molecule is CC(C)(C)N(C(=O)O)[C@@H]1CCN(c2cc(C#N)cc(N)c2Cl)C[C@H]1O. The lowest BCUT2D eigenvalue weighted by atomic mass is 9.94. The Morgan fingerprint density at radius 2 is 2.12 bits per heavy atom. The van der Waals surface area contributed by atoms with Crippen molar-refractivity contribution in [2.45, 2.75) is 44.9 Å². The molecule has 2 rings (SSSR count). The summed E-state index contributed by atoms with van der Waals surface area (Å²) in [7, 11) is 0. The van der Waals surface area contributed by atoms with Gasteiger partial charge in [0.15, 0.2) is 0 Å². The molecule has 1 fully saturated rings. The summed E-state index contributed by atoms with van der Waals surface area (Å²) in [6, 6.07) is 4.65. The van der Waals surface area contributed by atoms with E-state index in [0.717, 1.165) is 0 Å². The molecule has 1 aromatic rings. The number of anilines is 2. The van der Waals surface area contributed by atoms with Crippen LogP contribution in [0.2, 0.25) is 5.02 Å². The van der Waals surface area contributed by atoms with Crippen molar-refractivity contribution in [1.29, 1.82) is 5.26 Å². The second-order valence-electron chi connectivity index (χ2n) is 7.20. The van der Waals surface area contributed by atoms with Gasteiger partial charge in [0.1, 0.15) is 0 Å². The number of benzene rings is 1. The first-order chi connectivity index (χ1) is 11.6. The van der Waals surface area contributed by atoms with E-state index in [-0.39, 0.29) is 6.54 Å². The first kappa shape index (κ1) is 19.2. The number of β-amino-alcohol motifs (C(OH)–C–C–N with tert-alkyl or cyclic N) is 1. The normalized spacial score (nSPS) is 20.9. The summed E-state index contributed by atoms with van der Waals surface area (Å²) < 4.78 is 0. The van der Waals surface area contributed by atoms with Crippen molar-refractivity contribution < 1.29 is 15.0 Å². The van der Waals surface area contributed by atoms with Crippen LogP contribution in [0.3, 0.4) is 0 Å². The molecule has 1 aromatic carbocycles. The van der Waals surface area contributed by atoms with Gasteiger partial charge in [0, 0.05) is 18.6 Å². The number of halogens is 1. The molecule has 8 heteroatoms. The van der Waals surface area contributed by atoms with Gasteiger partial charge in [-0.25, -0.2) is 4.79 Å². The van der Waals surface area contributed by atoms with Crippen LogP contribution in [-0.4, -0.2) is 52.0 Å². The van der Waals surface area contributed by atoms with Crippen LogP contribution in [0.15, 0.2) is 12.1 Å². The van der Waals surface area contributed by atoms with E-state index in [9.17, 15) is 15.0 Å². The summed E-state index contributed by atoms with van der Waals surface area (Å²) in [4.78, 5) is 14.8. The number of nitrogens with zero attached hydrogens (tertiary/aromatic N) is 3. The molecule has 1 aliphatic heterocycles. The number of carbonyl (C=O) groups is 1. The average molecular weight is 367 g/mol. The number of piperidine rings is 1. The second kappa shape index (κ2) is 6.98. The molecule has 1 heterocycles. The van der Waals surface area contributed by atoms with Crippen LogP contribution < -0.4 is 10.6 Å². The smallest absolute Gasteiger partial charge is 0.408 e. The summed E-state index contributed by atoms with van der Waals surface area (Å²) in [5, 5.41) is 29.6. The molecule has 1 amide bonds. The highest BCUT2D eigenvalue weighted by molar-refractivity contribution is 6.35. The lowest BCUT2D eigenvalue weighted by molar-refractivity contribution is -0.000756. The van der Waals surface area contributed by atoms with Gasteiger partial charge in [-0.3, -0.25) is 4.90 Å². The highest BCUT2D eigenvalue weighted by Crippen LogP contribution is 2.35. The third-order valence-electron chi connectivity index (χ3n) is 4.36. The Hall–Kier alpha value is -2.17. The number of carboxylic acid groups (broad SMARTS) is 1. The van der Waals surface area contributed by atoms with E-state index < -0.39 is 23.8 Å². The average Bonchev–Trinajstić information content (AvgIpc) is 2.50. The van der Waals surface area contributed by atoms with Crippen molar-refractivity contribution in [3.63, 3.8) is 0 Å². The van der Waals surface area contributed by atoms with Crippen molar-refractivity contribution in [3.05, 3.63) is 22.7 Å². The predicted octanol–water partition coefficient (Wildman–Crippen LogP) is 2.51. The molecular formula is C17H23ClN4O3. The number of amides is 1. The van der Waals surface area contributed by atoms with Crippen LogP contribution >= 0.6 is 11.6 Å². The lowest BCUT2D eigenvalue weighted by Gasteiger charge is -2.46. The second-order valence-corrected chi connectivity index (χ2v) is 7.58. The van der Waals surface area contributed by atoms with Gasteiger partial charge in [-0.05, 0) is 39.3 Å². The number of hydrogen-bond acceptors (Lipinski definition) is 5. The highest BCUT2D eigenvalue weighted by atomic mass is 35.5. The number of nitriles is 1. The fourth-order valence-electron chi connectivity index (χ4n) is 3.29. The van der Waals surface area contributed by atoms with E-state index in [1.807, 2.05) is 11.0 Å². The maximum Gasteiger partial charge on any atom is 0.408 e. The molecule has 0 radical (unpaired) electrons. The van der Waals surface area contributed by atoms with E-state index >= 15 is 0 Å². The van der Waals surface area contributed by atoms with Gasteiger partial charge < -0.3 is 20.8 Å². The molecular weight excluding hydrogens is 344 g/mol. The lowest BCUT2D eigenvalue weighted by Crippen LogP contribution is -2.60. The van der Waals surface area contributed by atoms with Gasteiger partial charge >= 0.3 is 6.09 Å². The third kappa shape index (κ3) is 3.91. The first-order valence-corrected chi connectivity index (χ1v) is 8.38. The Morgan fingerprint density at radius 1 is 1.48 bits per heavy atom. The van der Waals surface area contributed by atoms with Gasteiger partial charge in [-0.1, -0.05) is 11.6 Å². The van der Waals surface area contributed by atoms with Crippen LogP contribution in [0.4, 0.5) is 16.2 Å². The molecule has 0 unspecified atom stereocenters. The maximum atomic E-state index is 11.7. The molecule has 0 spiro atoms. The van der Waals surface area contributed by atoms with E-state index in [1.54, 1.807) is 26.8 Å². The fraction of sp³-hybridized carbons (Fsp3) is 0.529. The van der Waals surface area contributed by atoms with Crippen molar-refractivity contribution in [2.24, 2.45) is 0 Å². The van der Waals surface area contributed by atoms with Gasteiger partial charge in [-0.2, -0.15) is 5.26 Å². The van der Waals surface area contributed by atoms with Crippen molar-refractivity contribution in [3.8, 4) is 6.07 Å². The van der Waals surface area contributed by atoms with Gasteiger partial charge in [0.2, 0.25) is 0 Å². The third-order valence-corrected chi connectivity index (χ3v) is 4.77. The largest absolute Gasteiger partial charge is 0.465 e.